The van der Waals surface area contributed by atoms with Crippen LogP contribution in [0.15, 0.2) is 28.8 Å². The molecule has 0 bridgehead atoms. The van der Waals surface area contributed by atoms with Gasteiger partial charge in [-0.15, -0.1) is 0 Å². The number of aromatic nitrogens is 1. The Balaban J connectivity index is 2.34. The fourth-order valence-electron chi connectivity index (χ4n) is 2.04. The molecule has 0 atom stereocenters. The van der Waals surface area contributed by atoms with Gasteiger partial charge in [0.25, 0.3) is 0 Å². The minimum atomic E-state index is 0.416. The van der Waals surface area contributed by atoms with E-state index in [-0.39, 0.29) is 0 Å². The van der Waals surface area contributed by atoms with Crippen molar-refractivity contribution in [3.63, 3.8) is 0 Å². The number of hydrogen-bond acceptors (Lipinski definition) is 3. The summed E-state index contributed by atoms with van der Waals surface area (Å²) in [6, 6.07) is 8.26. The molecule has 0 unspecified atom stereocenters. The maximum atomic E-state index is 5.90. The molecular formula is C15H20N2O. The largest absolute Gasteiger partial charge is 0.367 e. The lowest BCUT2D eigenvalue weighted by Crippen LogP contribution is -1.95. The summed E-state index contributed by atoms with van der Waals surface area (Å²) in [7, 11) is 0. The predicted octanol–water partition coefficient (Wildman–Crippen LogP) is 3.82. The summed E-state index contributed by atoms with van der Waals surface area (Å²) in [5.41, 5.74) is 10.1. The second-order valence-electron chi connectivity index (χ2n) is 5.17. The summed E-state index contributed by atoms with van der Waals surface area (Å²) in [6.07, 6.45) is 1.99. The highest BCUT2D eigenvalue weighted by atomic mass is 16.5. The van der Waals surface area contributed by atoms with Gasteiger partial charge in [-0.1, -0.05) is 48.8 Å². The Morgan fingerprint density at radius 2 is 2.11 bits per heavy atom. The Morgan fingerprint density at radius 1 is 1.33 bits per heavy atom. The summed E-state index contributed by atoms with van der Waals surface area (Å²) < 4.78 is 5.15. The zero-order valence-corrected chi connectivity index (χ0v) is 11.2. The van der Waals surface area contributed by atoms with Crippen molar-refractivity contribution in [2.75, 3.05) is 5.73 Å². The Kier molecular flexibility index (Phi) is 3.70. The number of nitrogens with zero attached hydrogens (tertiary/aromatic N) is 1. The van der Waals surface area contributed by atoms with Crippen molar-refractivity contribution in [2.24, 2.45) is 5.92 Å². The van der Waals surface area contributed by atoms with Gasteiger partial charge in [0, 0.05) is 0 Å². The van der Waals surface area contributed by atoms with Crippen LogP contribution in [0.4, 0.5) is 5.88 Å². The Hall–Kier alpha value is -1.77. The number of anilines is 1. The van der Waals surface area contributed by atoms with E-state index in [0.717, 1.165) is 29.7 Å². The van der Waals surface area contributed by atoms with E-state index < -0.39 is 0 Å². The van der Waals surface area contributed by atoms with Crippen molar-refractivity contribution in [1.29, 1.82) is 0 Å². The van der Waals surface area contributed by atoms with E-state index in [4.69, 9.17) is 10.3 Å². The van der Waals surface area contributed by atoms with Crippen molar-refractivity contribution >= 4 is 5.88 Å². The molecule has 0 aliphatic rings. The monoisotopic (exact) mass is 244 g/mol. The van der Waals surface area contributed by atoms with Crippen molar-refractivity contribution in [3.05, 3.63) is 35.5 Å². The number of hydrogen-bond donors (Lipinski definition) is 1. The topological polar surface area (TPSA) is 52.0 Å². The third-order valence-electron chi connectivity index (χ3n) is 3.05. The van der Waals surface area contributed by atoms with Crippen LogP contribution < -0.4 is 5.73 Å². The molecule has 3 nitrogen and oxygen atoms in total. The average molecular weight is 244 g/mol. The minimum absolute atomic E-state index is 0.416. The van der Waals surface area contributed by atoms with Gasteiger partial charge in [-0.2, -0.15) is 0 Å². The Morgan fingerprint density at radius 3 is 2.78 bits per heavy atom. The fraction of sp³-hybridized carbons (Fsp3) is 0.400. The lowest BCUT2D eigenvalue weighted by Gasteiger charge is -2.05. The van der Waals surface area contributed by atoms with Gasteiger partial charge in [0.2, 0.25) is 5.88 Å². The molecule has 0 aliphatic heterocycles. The van der Waals surface area contributed by atoms with E-state index in [2.05, 4.69) is 44.1 Å². The van der Waals surface area contributed by atoms with Crippen LogP contribution in [0.5, 0.6) is 0 Å². The van der Waals surface area contributed by atoms with E-state index in [1.807, 2.05) is 6.07 Å². The molecule has 0 radical (unpaired) electrons. The maximum absolute atomic E-state index is 5.90. The van der Waals surface area contributed by atoms with Crippen LogP contribution >= 0.6 is 0 Å². The summed E-state index contributed by atoms with van der Waals surface area (Å²) in [4.78, 5) is 0. The molecule has 0 amide bonds. The molecule has 1 aromatic carbocycles. The second kappa shape index (κ2) is 5.25. The lowest BCUT2D eigenvalue weighted by molar-refractivity contribution is 0.423. The molecule has 1 aromatic heterocycles. The van der Waals surface area contributed by atoms with Crippen LogP contribution in [0.3, 0.4) is 0 Å². The van der Waals surface area contributed by atoms with Crippen LogP contribution in [-0.4, -0.2) is 5.16 Å². The Labute approximate surface area is 108 Å². The highest BCUT2D eigenvalue weighted by molar-refractivity contribution is 5.75. The Bertz CT molecular complexity index is 529. The molecule has 0 spiro atoms. The standard InChI is InChI=1S/C15H20N2O/c1-10(2)7-8-13-14(15(16)18-17-13)12-6-4-5-11(3)9-12/h4-6,9-10H,7-8,16H2,1-3H3. The average Bonchev–Trinajstić information content (AvgIpc) is 2.68. The SMILES string of the molecule is Cc1cccc(-c2c(CCC(C)C)noc2N)c1. The number of aryl methyl sites for hydroxylation is 2. The molecule has 2 N–H and O–H groups in total. The highest BCUT2D eigenvalue weighted by Gasteiger charge is 2.15. The predicted molar refractivity (Wildman–Crippen MR) is 74.2 cm³/mol. The van der Waals surface area contributed by atoms with Gasteiger partial charge in [-0.25, -0.2) is 0 Å². The molecule has 2 aromatic rings. The van der Waals surface area contributed by atoms with Crippen LogP contribution in [0.1, 0.15) is 31.5 Å². The first-order valence-electron chi connectivity index (χ1n) is 6.39. The van der Waals surface area contributed by atoms with Gasteiger partial charge >= 0.3 is 0 Å². The van der Waals surface area contributed by atoms with E-state index in [0.29, 0.717) is 11.8 Å². The number of rotatable bonds is 4. The lowest BCUT2D eigenvalue weighted by atomic mass is 9.99. The molecule has 2 rings (SSSR count). The summed E-state index contributed by atoms with van der Waals surface area (Å²) in [5.74, 6) is 1.06. The van der Waals surface area contributed by atoms with Gasteiger partial charge in [0.05, 0.1) is 11.3 Å². The van der Waals surface area contributed by atoms with Gasteiger partial charge in [0.1, 0.15) is 0 Å². The molecular weight excluding hydrogens is 224 g/mol. The highest BCUT2D eigenvalue weighted by Crippen LogP contribution is 2.31. The normalized spacial score (nSPS) is 11.1. The minimum Gasteiger partial charge on any atom is -0.367 e. The van der Waals surface area contributed by atoms with E-state index in [1.54, 1.807) is 0 Å². The summed E-state index contributed by atoms with van der Waals surface area (Å²) in [6.45, 7) is 6.48. The summed E-state index contributed by atoms with van der Waals surface area (Å²) in [5, 5.41) is 4.09. The molecule has 18 heavy (non-hydrogen) atoms. The van der Waals surface area contributed by atoms with Gasteiger partial charge in [-0.05, 0) is 31.2 Å². The van der Waals surface area contributed by atoms with E-state index >= 15 is 0 Å². The molecule has 1 heterocycles. The van der Waals surface area contributed by atoms with Gasteiger partial charge in [0.15, 0.2) is 0 Å². The van der Waals surface area contributed by atoms with E-state index in [9.17, 15) is 0 Å². The molecule has 96 valence electrons. The summed E-state index contributed by atoms with van der Waals surface area (Å²) >= 11 is 0. The fourth-order valence-corrected chi connectivity index (χ4v) is 2.04. The first-order valence-corrected chi connectivity index (χ1v) is 6.39. The van der Waals surface area contributed by atoms with Crippen molar-refractivity contribution in [2.45, 2.75) is 33.6 Å². The van der Waals surface area contributed by atoms with E-state index in [1.165, 1.54) is 5.56 Å². The molecule has 0 fully saturated rings. The van der Waals surface area contributed by atoms with Crippen LogP contribution in [0, 0.1) is 12.8 Å². The zero-order chi connectivity index (χ0) is 13.1. The van der Waals surface area contributed by atoms with Crippen molar-refractivity contribution in [3.8, 4) is 11.1 Å². The maximum Gasteiger partial charge on any atom is 0.230 e. The molecule has 0 saturated carbocycles. The third-order valence-corrected chi connectivity index (χ3v) is 3.05. The first-order chi connectivity index (χ1) is 8.58. The molecule has 0 saturated heterocycles. The quantitative estimate of drug-likeness (QED) is 0.889. The van der Waals surface area contributed by atoms with Crippen molar-refractivity contribution in [1.82, 2.24) is 5.16 Å². The van der Waals surface area contributed by atoms with Crippen LogP contribution in [0.2, 0.25) is 0 Å². The van der Waals surface area contributed by atoms with Crippen LogP contribution in [-0.2, 0) is 6.42 Å². The number of benzene rings is 1. The molecule has 0 aliphatic carbocycles. The second-order valence-corrected chi connectivity index (χ2v) is 5.17. The number of nitrogens with two attached hydrogens (primary N) is 1. The van der Waals surface area contributed by atoms with Crippen molar-refractivity contribution < 1.29 is 4.52 Å². The third kappa shape index (κ3) is 2.73. The molecule has 3 heteroatoms. The van der Waals surface area contributed by atoms with Gasteiger partial charge in [-0.3, -0.25) is 0 Å². The first kappa shape index (κ1) is 12.7. The number of nitrogen functional groups attached to an aromatic ring is 1. The smallest absolute Gasteiger partial charge is 0.230 e. The van der Waals surface area contributed by atoms with Crippen LogP contribution in [0.25, 0.3) is 11.1 Å². The van der Waals surface area contributed by atoms with Gasteiger partial charge < -0.3 is 10.3 Å². The zero-order valence-electron chi connectivity index (χ0n) is 11.2.